The van der Waals surface area contributed by atoms with Crippen molar-refractivity contribution >= 4 is 28.3 Å². The van der Waals surface area contributed by atoms with Crippen LogP contribution in [0.25, 0.3) is 11.0 Å². The number of amides is 1. The molecule has 6 nitrogen and oxygen atoms in total. The van der Waals surface area contributed by atoms with E-state index in [0.29, 0.717) is 11.8 Å². The first-order chi connectivity index (χ1) is 13.4. The predicted molar refractivity (Wildman–Crippen MR) is 113 cm³/mol. The van der Waals surface area contributed by atoms with Gasteiger partial charge in [0.25, 0.3) is 5.91 Å². The molecule has 0 radical (unpaired) electrons. The number of rotatable bonds is 8. The van der Waals surface area contributed by atoms with Crippen LogP contribution in [0, 0.1) is 19.8 Å². The molecule has 28 heavy (non-hydrogen) atoms. The Morgan fingerprint density at radius 2 is 2.07 bits per heavy atom. The number of aromatic nitrogens is 3. The molecular weight excluding hydrogens is 372 g/mol. The molecular formula is C21H28N4O2S. The standard InChI is InChI=1S/C21H28N4O2S/c1-6-15(7-2)19(16-9-8-10-28-16)23-17(26)12-27-21-18-13(3)11-14(4)22-20(18)25(5)24-21/h8-11,15,19H,6-7,12H2,1-5H3,(H,23,26). The Bertz CT molecular complexity index is 945. The summed E-state index contributed by atoms with van der Waals surface area (Å²) in [5, 5.41) is 10.5. The van der Waals surface area contributed by atoms with Crippen molar-refractivity contribution in [2.75, 3.05) is 6.61 Å². The second-order valence-electron chi connectivity index (χ2n) is 7.13. The van der Waals surface area contributed by atoms with Crippen LogP contribution in [0.2, 0.25) is 0 Å². The smallest absolute Gasteiger partial charge is 0.258 e. The van der Waals surface area contributed by atoms with E-state index >= 15 is 0 Å². The van der Waals surface area contributed by atoms with Crippen LogP contribution in [0.4, 0.5) is 0 Å². The zero-order valence-electron chi connectivity index (χ0n) is 17.2. The van der Waals surface area contributed by atoms with Crippen LogP contribution in [-0.2, 0) is 11.8 Å². The molecule has 3 aromatic rings. The molecule has 1 N–H and O–H groups in total. The summed E-state index contributed by atoms with van der Waals surface area (Å²) in [4.78, 5) is 18.4. The van der Waals surface area contributed by atoms with Gasteiger partial charge in [0.05, 0.1) is 11.4 Å². The summed E-state index contributed by atoms with van der Waals surface area (Å²) in [6, 6.07) is 6.11. The molecule has 0 aliphatic heterocycles. The number of hydrogen-bond donors (Lipinski definition) is 1. The molecule has 3 aromatic heterocycles. The van der Waals surface area contributed by atoms with Gasteiger partial charge in [-0.3, -0.25) is 4.79 Å². The Balaban J connectivity index is 1.74. The Labute approximate surface area is 169 Å². The van der Waals surface area contributed by atoms with Crippen molar-refractivity contribution in [1.29, 1.82) is 0 Å². The first kappa shape index (κ1) is 20.3. The van der Waals surface area contributed by atoms with E-state index in [2.05, 4.69) is 35.3 Å². The Kier molecular flexibility index (Phi) is 6.34. The summed E-state index contributed by atoms with van der Waals surface area (Å²) in [5.74, 6) is 0.711. The highest BCUT2D eigenvalue weighted by atomic mass is 32.1. The monoisotopic (exact) mass is 400 g/mol. The van der Waals surface area contributed by atoms with Crippen molar-refractivity contribution in [3.8, 4) is 5.88 Å². The van der Waals surface area contributed by atoms with E-state index in [9.17, 15) is 4.79 Å². The Morgan fingerprint density at radius 3 is 2.71 bits per heavy atom. The van der Waals surface area contributed by atoms with Crippen LogP contribution in [0.1, 0.15) is 48.9 Å². The lowest BCUT2D eigenvalue weighted by Gasteiger charge is -2.25. The molecule has 7 heteroatoms. The van der Waals surface area contributed by atoms with Crippen molar-refractivity contribution in [3.63, 3.8) is 0 Å². The molecule has 3 rings (SSSR count). The number of aryl methyl sites for hydroxylation is 3. The number of pyridine rings is 1. The van der Waals surface area contributed by atoms with Crippen LogP contribution >= 0.6 is 11.3 Å². The van der Waals surface area contributed by atoms with Crippen LogP contribution in [-0.4, -0.2) is 27.3 Å². The molecule has 0 fully saturated rings. The SMILES string of the molecule is CCC(CC)C(NC(=O)COc1nn(C)c2nc(C)cc(C)c12)c1cccs1. The Hall–Kier alpha value is -2.41. The number of nitrogens with zero attached hydrogens (tertiary/aromatic N) is 3. The van der Waals surface area contributed by atoms with Crippen LogP contribution in [0.15, 0.2) is 23.6 Å². The van der Waals surface area contributed by atoms with E-state index in [0.717, 1.165) is 35.1 Å². The fourth-order valence-electron chi connectivity index (χ4n) is 3.65. The zero-order valence-corrected chi connectivity index (χ0v) is 18.0. The summed E-state index contributed by atoms with van der Waals surface area (Å²) >= 11 is 1.68. The van der Waals surface area contributed by atoms with Gasteiger partial charge in [-0.15, -0.1) is 16.4 Å². The zero-order chi connectivity index (χ0) is 20.3. The lowest BCUT2D eigenvalue weighted by Crippen LogP contribution is -2.36. The molecule has 0 aliphatic rings. The molecule has 0 bridgehead atoms. The van der Waals surface area contributed by atoms with Gasteiger partial charge in [-0.1, -0.05) is 32.8 Å². The van der Waals surface area contributed by atoms with Gasteiger partial charge in [-0.2, -0.15) is 0 Å². The predicted octanol–water partition coefficient (Wildman–Crippen LogP) is 4.32. The third-order valence-corrected chi connectivity index (χ3v) is 6.07. The summed E-state index contributed by atoms with van der Waals surface area (Å²) in [5.41, 5.74) is 2.74. The quantitative estimate of drug-likeness (QED) is 0.611. The van der Waals surface area contributed by atoms with Gasteiger partial charge >= 0.3 is 0 Å². The van der Waals surface area contributed by atoms with Gasteiger partial charge in [-0.05, 0) is 42.8 Å². The number of fused-ring (bicyclic) bond motifs is 1. The largest absolute Gasteiger partial charge is 0.466 e. The van der Waals surface area contributed by atoms with E-state index < -0.39 is 0 Å². The lowest BCUT2D eigenvalue weighted by molar-refractivity contribution is -0.124. The van der Waals surface area contributed by atoms with E-state index in [1.807, 2.05) is 38.4 Å². The molecule has 1 atom stereocenters. The second-order valence-corrected chi connectivity index (χ2v) is 8.11. The molecule has 0 spiro atoms. The number of ether oxygens (including phenoxy) is 1. The van der Waals surface area contributed by atoms with Gasteiger partial charge in [0.2, 0.25) is 5.88 Å². The van der Waals surface area contributed by atoms with E-state index in [1.165, 1.54) is 4.88 Å². The molecule has 0 saturated carbocycles. The van der Waals surface area contributed by atoms with Gasteiger partial charge in [0.15, 0.2) is 12.3 Å². The summed E-state index contributed by atoms with van der Waals surface area (Å²) in [6.07, 6.45) is 2.02. The Morgan fingerprint density at radius 1 is 1.32 bits per heavy atom. The van der Waals surface area contributed by atoms with E-state index in [-0.39, 0.29) is 18.6 Å². The number of nitrogens with one attached hydrogen (secondary N) is 1. The topological polar surface area (TPSA) is 69.0 Å². The van der Waals surface area contributed by atoms with Crippen LogP contribution in [0.3, 0.4) is 0 Å². The van der Waals surface area contributed by atoms with Crippen molar-refractivity contribution in [1.82, 2.24) is 20.1 Å². The number of carbonyl (C=O) groups excluding carboxylic acids is 1. The highest BCUT2D eigenvalue weighted by Gasteiger charge is 2.24. The van der Waals surface area contributed by atoms with Gasteiger partial charge in [0.1, 0.15) is 0 Å². The highest BCUT2D eigenvalue weighted by molar-refractivity contribution is 7.10. The molecule has 0 saturated heterocycles. The number of hydrogen-bond acceptors (Lipinski definition) is 5. The minimum atomic E-state index is -0.137. The first-order valence-corrected chi connectivity index (χ1v) is 10.6. The number of carbonyl (C=O) groups is 1. The van der Waals surface area contributed by atoms with Crippen molar-refractivity contribution in [3.05, 3.63) is 39.7 Å². The first-order valence-electron chi connectivity index (χ1n) is 9.71. The maximum absolute atomic E-state index is 12.7. The second kappa shape index (κ2) is 8.73. The third kappa shape index (κ3) is 4.19. The van der Waals surface area contributed by atoms with Gasteiger partial charge in [-0.25, -0.2) is 9.67 Å². The van der Waals surface area contributed by atoms with Crippen molar-refractivity contribution in [2.45, 2.75) is 46.6 Å². The molecule has 150 valence electrons. The maximum Gasteiger partial charge on any atom is 0.258 e. The maximum atomic E-state index is 12.7. The fraction of sp³-hybridized carbons (Fsp3) is 0.476. The third-order valence-electron chi connectivity index (χ3n) is 5.11. The summed E-state index contributed by atoms with van der Waals surface area (Å²) in [7, 11) is 1.83. The van der Waals surface area contributed by atoms with E-state index in [4.69, 9.17) is 4.74 Å². The molecule has 0 aromatic carbocycles. The molecule has 1 unspecified atom stereocenters. The molecule has 3 heterocycles. The normalized spacial score (nSPS) is 12.5. The fourth-order valence-corrected chi connectivity index (χ4v) is 4.52. The molecule has 0 aliphatic carbocycles. The van der Waals surface area contributed by atoms with Gasteiger partial charge < -0.3 is 10.1 Å². The summed E-state index contributed by atoms with van der Waals surface area (Å²) < 4.78 is 7.50. The highest BCUT2D eigenvalue weighted by Crippen LogP contribution is 2.31. The van der Waals surface area contributed by atoms with E-state index in [1.54, 1.807) is 16.0 Å². The van der Waals surface area contributed by atoms with Crippen molar-refractivity contribution < 1.29 is 9.53 Å². The minimum Gasteiger partial charge on any atom is -0.466 e. The van der Waals surface area contributed by atoms with Crippen molar-refractivity contribution in [2.24, 2.45) is 13.0 Å². The lowest BCUT2D eigenvalue weighted by atomic mass is 9.93. The number of thiophene rings is 1. The average molecular weight is 401 g/mol. The van der Waals surface area contributed by atoms with Crippen LogP contribution < -0.4 is 10.1 Å². The van der Waals surface area contributed by atoms with Crippen LogP contribution in [0.5, 0.6) is 5.88 Å². The molecule has 1 amide bonds. The average Bonchev–Trinajstić information content (AvgIpc) is 3.29. The minimum absolute atomic E-state index is 0.0117. The summed E-state index contributed by atoms with van der Waals surface area (Å²) in [6.45, 7) is 8.22. The van der Waals surface area contributed by atoms with Gasteiger partial charge in [0, 0.05) is 17.6 Å².